The Bertz CT molecular complexity index is 431. The lowest BCUT2D eigenvalue weighted by atomic mass is 9.91. The van der Waals surface area contributed by atoms with Crippen LogP contribution in [0, 0.1) is 0 Å². The zero-order valence-electron chi connectivity index (χ0n) is 10.3. The third-order valence-electron chi connectivity index (χ3n) is 3.50. The van der Waals surface area contributed by atoms with Crippen LogP contribution < -0.4 is 5.73 Å². The molecule has 1 atom stereocenters. The summed E-state index contributed by atoms with van der Waals surface area (Å²) in [5, 5.41) is 0. The molecule has 0 aliphatic heterocycles. The Morgan fingerprint density at radius 1 is 1.24 bits per heavy atom. The first-order valence-electron chi connectivity index (χ1n) is 6.27. The van der Waals surface area contributed by atoms with Crippen LogP contribution in [0.4, 0.5) is 0 Å². The van der Waals surface area contributed by atoms with Crippen LogP contribution >= 0.6 is 0 Å². The van der Waals surface area contributed by atoms with E-state index in [9.17, 15) is 4.79 Å². The van der Waals surface area contributed by atoms with E-state index in [0.29, 0.717) is 0 Å². The summed E-state index contributed by atoms with van der Waals surface area (Å²) in [4.78, 5) is 11.1. The van der Waals surface area contributed by atoms with Crippen molar-refractivity contribution in [2.24, 2.45) is 5.73 Å². The van der Waals surface area contributed by atoms with Gasteiger partial charge >= 0.3 is 0 Å². The summed E-state index contributed by atoms with van der Waals surface area (Å²) < 4.78 is 0. The first kappa shape index (κ1) is 11.9. The van der Waals surface area contributed by atoms with Gasteiger partial charge in [-0.3, -0.25) is 4.79 Å². The number of carbonyl (C=O) groups excluding carboxylic acids is 1. The molecular weight excluding hydrogens is 210 g/mol. The molecule has 1 aliphatic carbocycles. The van der Waals surface area contributed by atoms with Crippen molar-refractivity contribution in [3.63, 3.8) is 0 Å². The first-order chi connectivity index (χ1) is 8.18. The predicted molar refractivity (Wildman–Crippen MR) is 70.5 cm³/mol. The van der Waals surface area contributed by atoms with E-state index < -0.39 is 0 Å². The highest BCUT2D eigenvalue weighted by molar-refractivity contribution is 5.81. The van der Waals surface area contributed by atoms with Gasteiger partial charge < -0.3 is 5.73 Å². The Balaban J connectivity index is 2.18. The molecule has 0 saturated carbocycles. The Morgan fingerprint density at radius 2 is 1.94 bits per heavy atom. The lowest BCUT2D eigenvalue weighted by Crippen LogP contribution is -2.18. The van der Waals surface area contributed by atoms with Gasteiger partial charge in [0.25, 0.3) is 0 Å². The van der Waals surface area contributed by atoms with Crippen molar-refractivity contribution in [2.75, 3.05) is 0 Å². The second-order valence-corrected chi connectivity index (χ2v) is 4.72. The molecule has 0 fully saturated rings. The van der Waals surface area contributed by atoms with Crippen LogP contribution in [0.1, 0.15) is 49.7 Å². The average Bonchev–Trinajstić information content (AvgIpc) is 2.39. The third-order valence-corrected chi connectivity index (χ3v) is 3.50. The lowest BCUT2D eigenvalue weighted by molar-refractivity contribution is -0.119. The van der Waals surface area contributed by atoms with Crippen LogP contribution in [0.25, 0.3) is 5.57 Å². The van der Waals surface area contributed by atoms with Crippen molar-refractivity contribution in [3.05, 3.63) is 41.5 Å². The molecule has 1 aromatic carbocycles. The molecule has 2 heteroatoms. The maximum atomic E-state index is 11.1. The second kappa shape index (κ2) is 5.17. The molecule has 1 aromatic rings. The highest BCUT2D eigenvalue weighted by Gasteiger charge is 2.12. The average molecular weight is 229 g/mol. The van der Waals surface area contributed by atoms with Crippen molar-refractivity contribution in [1.29, 1.82) is 0 Å². The van der Waals surface area contributed by atoms with E-state index >= 15 is 0 Å². The van der Waals surface area contributed by atoms with Gasteiger partial charge in [0, 0.05) is 0 Å². The van der Waals surface area contributed by atoms with Crippen molar-refractivity contribution in [1.82, 2.24) is 0 Å². The van der Waals surface area contributed by atoms with Gasteiger partial charge in [0.2, 0.25) is 5.91 Å². The summed E-state index contributed by atoms with van der Waals surface area (Å²) in [7, 11) is 0. The summed E-state index contributed by atoms with van der Waals surface area (Å²) in [5.74, 6) is -0.473. The number of carbonyl (C=O) groups is 1. The molecule has 0 spiro atoms. The van der Waals surface area contributed by atoms with Gasteiger partial charge in [-0.1, -0.05) is 30.3 Å². The van der Waals surface area contributed by atoms with E-state index in [0.717, 1.165) is 5.56 Å². The van der Waals surface area contributed by atoms with Crippen LogP contribution in [-0.2, 0) is 4.79 Å². The van der Waals surface area contributed by atoms with Gasteiger partial charge in [-0.25, -0.2) is 0 Å². The molecule has 17 heavy (non-hydrogen) atoms. The Kier molecular flexibility index (Phi) is 3.62. The van der Waals surface area contributed by atoms with Gasteiger partial charge in [-0.15, -0.1) is 0 Å². The summed E-state index contributed by atoms with van der Waals surface area (Å²) in [6.07, 6.45) is 7.28. The molecule has 1 unspecified atom stereocenters. The summed E-state index contributed by atoms with van der Waals surface area (Å²) >= 11 is 0. The van der Waals surface area contributed by atoms with E-state index in [1.165, 1.54) is 36.8 Å². The van der Waals surface area contributed by atoms with E-state index in [2.05, 4.69) is 18.2 Å². The molecule has 0 bridgehead atoms. The molecule has 2 N–H and O–H groups in total. The van der Waals surface area contributed by atoms with E-state index in [1.54, 1.807) is 0 Å². The lowest BCUT2D eigenvalue weighted by Gasteiger charge is -2.14. The fraction of sp³-hybridized carbons (Fsp3) is 0.400. The van der Waals surface area contributed by atoms with Crippen LogP contribution in [0.3, 0.4) is 0 Å². The van der Waals surface area contributed by atoms with E-state index in [1.807, 2.05) is 19.1 Å². The highest BCUT2D eigenvalue weighted by Crippen LogP contribution is 2.27. The number of rotatable bonds is 3. The smallest absolute Gasteiger partial charge is 0.224 e. The normalized spacial score (nSPS) is 17.4. The molecule has 2 rings (SSSR count). The van der Waals surface area contributed by atoms with E-state index in [4.69, 9.17) is 5.73 Å². The zero-order valence-corrected chi connectivity index (χ0v) is 10.3. The number of benzene rings is 1. The number of nitrogens with two attached hydrogens (primary N) is 1. The van der Waals surface area contributed by atoms with Crippen molar-refractivity contribution >= 4 is 11.5 Å². The van der Waals surface area contributed by atoms with Gasteiger partial charge in [0.05, 0.1) is 5.92 Å². The quantitative estimate of drug-likeness (QED) is 0.849. The van der Waals surface area contributed by atoms with Crippen molar-refractivity contribution in [3.8, 4) is 0 Å². The van der Waals surface area contributed by atoms with Gasteiger partial charge in [-0.2, -0.15) is 0 Å². The van der Waals surface area contributed by atoms with Gasteiger partial charge in [-0.05, 0) is 49.3 Å². The minimum Gasteiger partial charge on any atom is -0.369 e. The Hall–Kier alpha value is -1.57. The molecule has 0 saturated heterocycles. The van der Waals surface area contributed by atoms with Crippen LogP contribution in [0.15, 0.2) is 30.3 Å². The fourth-order valence-electron chi connectivity index (χ4n) is 2.25. The topological polar surface area (TPSA) is 43.1 Å². The molecular formula is C15H19NO. The SMILES string of the molecule is CC(C(N)=O)c1ccc(C2=CCCCC2)cc1. The summed E-state index contributed by atoms with van der Waals surface area (Å²) in [6, 6.07) is 8.23. The number of hydrogen-bond donors (Lipinski definition) is 1. The molecule has 0 heterocycles. The monoisotopic (exact) mass is 229 g/mol. The molecule has 1 amide bonds. The minimum atomic E-state index is -0.269. The molecule has 0 radical (unpaired) electrons. The Morgan fingerprint density at radius 3 is 2.47 bits per heavy atom. The second-order valence-electron chi connectivity index (χ2n) is 4.72. The Labute approximate surface area is 103 Å². The fourth-order valence-corrected chi connectivity index (χ4v) is 2.25. The summed E-state index contributed by atoms with van der Waals surface area (Å²) in [5.41, 5.74) is 9.02. The van der Waals surface area contributed by atoms with Gasteiger partial charge in [0.1, 0.15) is 0 Å². The van der Waals surface area contributed by atoms with Crippen LogP contribution in [0.2, 0.25) is 0 Å². The maximum absolute atomic E-state index is 11.1. The first-order valence-corrected chi connectivity index (χ1v) is 6.27. The zero-order chi connectivity index (χ0) is 12.3. The third kappa shape index (κ3) is 2.76. The van der Waals surface area contributed by atoms with E-state index in [-0.39, 0.29) is 11.8 Å². The number of allylic oxidation sites excluding steroid dienone is 2. The maximum Gasteiger partial charge on any atom is 0.224 e. The number of amides is 1. The van der Waals surface area contributed by atoms with Gasteiger partial charge in [0.15, 0.2) is 0 Å². The van der Waals surface area contributed by atoms with Crippen LogP contribution in [0.5, 0.6) is 0 Å². The van der Waals surface area contributed by atoms with Crippen molar-refractivity contribution < 1.29 is 4.79 Å². The van der Waals surface area contributed by atoms with Crippen molar-refractivity contribution in [2.45, 2.75) is 38.5 Å². The molecule has 1 aliphatic rings. The van der Waals surface area contributed by atoms with Crippen LogP contribution in [-0.4, -0.2) is 5.91 Å². The minimum absolute atomic E-state index is 0.204. The molecule has 90 valence electrons. The number of hydrogen-bond acceptors (Lipinski definition) is 1. The largest absolute Gasteiger partial charge is 0.369 e. The number of primary amides is 1. The summed E-state index contributed by atoms with van der Waals surface area (Å²) in [6.45, 7) is 1.84. The molecule has 0 aromatic heterocycles. The highest BCUT2D eigenvalue weighted by atomic mass is 16.1. The predicted octanol–water partition coefficient (Wildman–Crippen LogP) is 3.23. The molecule has 2 nitrogen and oxygen atoms in total. The standard InChI is InChI=1S/C15H19NO/c1-11(15(16)17)12-7-9-14(10-8-12)13-5-3-2-4-6-13/h5,7-11H,2-4,6H2,1H3,(H2,16,17).